The standard InChI is InChI=1S/C10H15F2NO2/c11-10(12)3-1-2-7-4-13(5-8(7)10)6-9(14)15/h7-8H,1-6H2,(H,14,15)/t7-,8+/m0/s1. The van der Waals surface area contributed by atoms with Crippen molar-refractivity contribution in [1.29, 1.82) is 0 Å². The number of hydrogen-bond acceptors (Lipinski definition) is 2. The number of carboxylic acids is 1. The molecule has 86 valence electrons. The minimum absolute atomic E-state index is 0.00639. The van der Waals surface area contributed by atoms with E-state index in [1.807, 2.05) is 0 Å². The molecule has 0 radical (unpaired) electrons. The summed E-state index contributed by atoms with van der Waals surface area (Å²) in [4.78, 5) is 12.1. The molecule has 0 aromatic rings. The van der Waals surface area contributed by atoms with Crippen molar-refractivity contribution in [2.75, 3.05) is 19.6 Å². The topological polar surface area (TPSA) is 40.5 Å². The number of hydrogen-bond donors (Lipinski definition) is 1. The summed E-state index contributed by atoms with van der Waals surface area (Å²) >= 11 is 0. The monoisotopic (exact) mass is 219 g/mol. The van der Waals surface area contributed by atoms with Crippen molar-refractivity contribution in [3.8, 4) is 0 Å². The summed E-state index contributed by atoms with van der Waals surface area (Å²) in [5.41, 5.74) is 0. The summed E-state index contributed by atoms with van der Waals surface area (Å²) in [6.45, 7) is 0.652. The maximum absolute atomic E-state index is 13.5. The molecule has 2 fully saturated rings. The Kier molecular flexibility index (Phi) is 2.66. The lowest BCUT2D eigenvalue weighted by Gasteiger charge is -2.32. The summed E-state index contributed by atoms with van der Waals surface area (Å²) in [6.07, 6.45) is 1.35. The van der Waals surface area contributed by atoms with E-state index >= 15 is 0 Å². The zero-order valence-electron chi connectivity index (χ0n) is 8.46. The molecule has 0 aromatic heterocycles. The third-order valence-electron chi connectivity index (χ3n) is 3.50. The maximum Gasteiger partial charge on any atom is 0.317 e. The highest BCUT2D eigenvalue weighted by atomic mass is 19.3. The highest BCUT2D eigenvalue weighted by Gasteiger charge is 2.50. The van der Waals surface area contributed by atoms with Gasteiger partial charge in [-0.2, -0.15) is 0 Å². The minimum atomic E-state index is -2.59. The molecular weight excluding hydrogens is 204 g/mol. The van der Waals surface area contributed by atoms with Crippen LogP contribution in [0.15, 0.2) is 0 Å². The highest BCUT2D eigenvalue weighted by Crippen LogP contribution is 2.45. The molecule has 0 amide bonds. The molecule has 0 unspecified atom stereocenters. The molecule has 0 bridgehead atoms. The molecule has 1 N–H and O–H groups in total. The number of carboxylic acid groups (broad SMARTS) is 1. The van der Waals surface area contributed by atoms with Crippen LogP contribution in [0.25, 0.3) is 0 Å². The first-order chi connectivity index (χ1) is 6.99. The van der Waals surface area contributed by atoms with Crippen molar-refractivity contribution in [1.82, 2.24) is 4.90 Å². The van der Waals surface area contributed by atoms with Crippen LogP contribution in [0.4, 0.5) is 8.78 Å². The van der Waals surface area contributed by atoms with Gasteiger partial charge in [-0.15, -0.1) is 0 Å². The molecule has 1 aliphatic heterocycles. The lowest BCUT2D eigenvalue weighted by Crippen LogP contribution is -2.37. The molecule has 0 aromatic carbocycles. The van der Waals surface area contributed by atoms with E-state index in [1.54, 1.807) is 4.90 Å². The number of halogens is 2. The van der Waals surface area contributed by atoms with Crippen LogP contribution in [0.2, 0.25) is 0 Å². The fourth-order valence-corrected chi connectivity index (χ4v) is 2.84. The van der Waals surface area contributed by atoms with Crippen molar-refractivity contribution >= 4 is 5.97 Å². The van der Waals surface area contributed by atoms with Gasteiger partial charge in [0.2, 0.25) is 0 Å². The van der Waals surface area contributed by atoms with E-state index in [-0.39, 0.29) is 25.4 Å². The summed E-state index contributed by atoms with van der Waals surface area (Å²) in [6, 6.07) is 0. The molecular formula is C10H15F2NO2. The number of nitrogens with zero attached hydrogens (tertiary/aromatic N) is 1. The second kappa shape index (κ2) is 3.70. The van der Waals surface area contributed by atoms with Crippen molar-refractivity contribution in [3.05, 3.63) is 0 Å². The van der Waals surface area contributed by atoms with Crippen LogP contribution in [0.3, 0.4) is 0 Å². The second-order valence-corrected chi connectivity index (χ2v) is 4.61. The normalized spacial score (nSPS) is 35.1. The van der Waals surface area contributed by atoms with Crippen molar-refractivity contribution < 1.29 is 18.7 Å². The average Bonchev–Trinajstić information content (AvgIpc) is 2.46. The lowest BCUT2D eigenvalue weighted by molar-refractivity contribution is -0.138. The third-order valence-corrected chi connectivity index (χ3v) is 3.50. The fraction of sp³-hybridized carbons (Fsp3) is 0.900. The molecule has 2 atom stereocenters. The first-order valence-electron chi connectivity index (χ1n) is 5.31. The zero-order chi connectivity index (χ0) is 11.1. The van der Waals surface area contributed by atoms with Gasteiger partial charge in [-0.3, -0.25) is 9.69 Å². The van der Waals surface area contributed by atoms with E-state index in [9.17, 15) is 13.6 Å². The molecule has 2 aliphatic rings. The first kappa shape index (κ1) is 10.8. The van der Waals surface area contributed by atoms with Gasteiger partial charge in [0.25, 0.3) is 5.92 Å². The predicted octanol–water partition coefficient (Wildman–Crippen LogP) is 1.44. The smallest absolute Gasteiger partial charge is 0.317 e. The van der Waals surface area contributed by atoms with Crippen LogP contribution >= 0.6 is 0 Å². The lowest BCUT2D eigenvalue weighted by atomic mass is 9.79. The minimum Gasteiger partial charge on any atom is -0.480 e. The van der Waals surface area contributed by atoms with Gasteiger partial charge in [0.05, 0.1) is 6.54 Å². The molecule has 2 rings (SSSR count). The SMILES string of the molecule is O=C(O)CN1C[C@@H]2CCCC(F)(F)[C@@H]2C1. The summed E-state index contributed by atoms with van der Waals surface area (Å²) < 4.78 is 27.0. The fourth-order valence-electron chi connectivity index (χ4n) is 2.84. The molecule has 5 heteroatoms. The van der Waals surface area contributed by atoms with E-state index in [0.29, 0.717) is 13.0 Å². The summed E-state index contributed by atoms with van der Waals surface area (Å²) in [5, 5.41) is 8.61. The Bertz CT molecular complexity index is 270. The second-order valence-electron chi connectivity index (χ2n) is 4.61. The zero-order valence-corrected chi connectivity index (χ0v) is 8.46. The van der Waals surface area contributed by atoms with Crippen LogP contribution < -0.4 is 0 Å². The number of rotatable bonds is 2. The van der Waals surface area contributed by atoms with E-state index in [2.05, 4.69) is 0 Å². The molecule has 3 nitrogen and oxygen atoms in total. The first-order valence-corrected chi connectivity index (χ1v) is 5.31. The Morgan fingerprint density at radius 3 is 2.80 bits per heavy atom. The van der Waals surface area contributed by atoms with Gasteiger partial charge in [-0.25, -0.2) is 8.78 Å². The molecule has 0 spiro atoms. The predicted molar refractivity (Wildman–Crippen MR) is 49.9 cm³/mol. The average molecular weight is 219 g/mol. The largest absolute Gasteiger partial charge is 0.480 e. The van der Waals surface area contributed by atoms with E-state index in [1.165, 1.54) is 0 Å². The van der Waals surface area contributed by atoms with Gasteiger partial charge in [-0.1, -0.05) is 0 Å². The molecule has 1 saturated carbocycles. The maximum atomic E-state index is 13.5. The number of likely N-dealkylation sites (tertiary alicyclic amines) is 1. The van der Waals surface area contributed by atoms with Crippen molar-refractivity contribution in [2.45, 2.75) is 25.2 Å². The van der Waals surface area contributed by atoms with Crippen molar-refractivity contribution in [3.63, 3.8) is 0 Å². The number of alkyl halides is 2. The van der Waals surface area contributed by atoms with E-state index < -0.39 is 17.8 Å². The number of carbonyl (C=O) groups is 1. The number of fused-ring (bicyclic) bond motifs is 1. The third kappa shape index (κ3) is 2.12. The summed E-state index contributed by atoms with van der Waals surface area (Å²) in [5.74, 6) is -4.15. The highest BCUT2D eigenvalue weighted by molar-refractivity contribution is 5.69. The van der Waals surface area contributed by atoms with Crippen molar-refractivity contribution in [2.24, 2.45) is 11.8 Å². The van der Waals surface area contributed by atoms with Crippen LogP contribution in [-0.4, -0.2) is 41.5 Å². The van der Waals surface area contributed by atoms with Gasteiger partial charge >= 0.3 is 5.97 Å². The Morgan fingerprint density at radius 1 is 1.47 bits per heavy atom. The Balaban J connectivity index is 2.01. The van der Waals surface area contributed by atoms with Gasteiger partial charge in [-0.05, 0) is 18.8 Å². The van der Waals surface area contributed by atoms with Crippen LogP contribution in [0.5, 0.6) is 0 Å². The van der Waals surface area contributed by atoms with Crippen LogP contribution in [-0.2, 0) is 4.79 Å². The Hall–Kier alpha value is -0.710. The van der Waals surface area contributed by atoms with E-state index in [0.717, 1.165) is 6.42 Å². The van der Waals surface area contributed by atoms with Crippen LogP contribution in [0, 0.1) is 11.8 Å². The molecule has 1 aliphatic carbocycles. The number of aliphatic carboxylic acids is 1. The van der Waals surface area contributed by atoms with Crippen LogP contribution in [0.1, 0.15) is 19.3 Å². The van der Waals surface area contributed by atoms with E-state index in [4.69, 9.17) is 5.11 Å². The molecule has 15 heavy (non-hydrogen) atoms. The summed E-state index contributed by atoms with van der Waals surface area (Å²) in [7, 11) is 0. The Labute approximate surface area is 87.1 Å². The van der Waals surface area contributed by atoms with Gasteiger partial charge in [0.15, 0.2) is 0 Å². The van der Waals surface area contributed by atoms with Gasteiger partial charge < -0.3 is 5.11 Å². The van der Waals surface area contributed by atoms with Gasteiger partial charge in [0, 0.05) is 25.4 Å². The van der Waals surface area contributed by atoms with Gasteiger partial charge in [0.1, 0.15) is 0 Å². The molecule has 1 saturated heterocycles. The Morgan fingerprint density at radius 2 is 2.20 bits per heavy atom. The molecule has 1 heterocycles. The quantitative estimate of drug-likeness (QED) is 0.764.